The van der Waals surface area contributed by atoms with Crippen molar-refractivity contribution < 1.29 is 17.9 Å². The van der Waals surface area contributed by atoms with Gasteiger partial charge in [0.25, 0.3) is 0 Å². The summed E-state index contributed by atoms with van der Waals surface area (Å²) in [5.41, 5.74) is 0.715. The van der Waals surface area contributed by atoms with Crippen LogP contribution in [0.15, 0.2) is 23.1 Å². The van der Waals surface area contributed by atoms with Crippen LogP contribution >= 0.6 is 12.4 Å². The molecule has 6 nitrogen and oxygen atoms in total. The Morgan fingerprint density at radius 1 is 1.39 bits per heavy atom. The van der Waals surface area contributed by atoms with Gasteiger partial charge in [-0.3, -0.25) is 0 Å². The predicted molar refractivity (Wildman–Crippen MR) is 90.6 cm³/mol. The topological polar surface area (TPSA) is 75.7 Å². The van der Waals surface area contributed by atoms with Crippen molar-refractivity contribution in [2.45, 2.75) is 30.7 Å². The molecule has 23 heavy (non-hydrogen) atoms. The summed E-state index contributed by atoms with van der Waals surface area (Å²) in [4.78, 5) is 11.9. The molecule has 1 aromatic rings. The van der Waals surface area contributed by atoms with Crippen molar-refractivity contribution in [3.8, 4) is 0 Å². The van der Waals surface area contributed by atoms with E-state index in [2.05, 4.69) is 5.32 Å². The first kappa shape index (κ1) is 19.9. The summed E-state index contributed by atoms with van der Waals surface area (Å²) >= 11 is 0. The van der Waals surface area contributed by atoms with Gasteiger partial charge in [-0.15, -0.1) is 12.4 Å². The van der Waals surface area contributed by atoms with Gasteiger partial charge < -0.3 is 10.1 Å². The third-order valence-corrected chi connectivity index (χ3v) is 6.11. The fourth-order valence-electron chi connectivity index (χ4n) is 2.76. The largest absolute Gasteiger partial charge is 0.465 e. The smallest absolute Gasteiger partial charge is 0.338 e. The maximum atomic E-state index is 12.9. The van der Waals surface area contributed by atoms with Crippen LogP contribution in [0.4, 0.5) is 0 Å². The molecule has 1 heterocycles. The number of hydrogen-bond acceptors (Lipinski definition) is 5. The third kappa shape index (κ3) is 4.03. The first-order chi connectivity index (χ1) is 10.4. The second-order valence-electron chi connectivity index (χ2n) is 5.41. The minimum absolute atomic E-state index is 0. The van der Waals surface area contributed by atoms with Gasteiger partial charge in [-0.2, -0.15) is 4.31 Å². The van der Waals surface area contributed by atoms with E-state index in [4.69, 9.17) is 4.74 Å². The number of piperidine rings is 1. The summed E-state index contributed by atoms with van der Waals surface area (Å²) in [6, 6.07) is 4.85. The molecule has 1 saturated heterocycles. The Labute approximate surface area is 143 Å². The molecule has 0 radical (unpaired) electrons. The highest BCUT2D eigenvalue weighted by Gasteiger charge is 2.31. The van der Waals surface area contributed by atoms with E-state index < -0.39 is 16.0 Å². The lowest BCUT2D eigenvalue weighted by atomic mass is 10.1. The van der Waals surface area contributed by atoms with Gasteiger partial charge in [0.2, 0.25) is 10.0 Å². The molecule has 1 aliphatic heterocycles. The van der Waals surface area contributed by atoms with Crippen molar-refractivity contribution in [3.63, 3.8) is 0 Å². The minimum Gasteiger partial charge on any atom is -0.465 e. The predicted octanol–water partition coefficient (Wildman–Crippen LogP) is 1.58. The van der Waals surface area contributed by atoms with E-state index in [0.29, 0.717) is 18.7 Å². The molecule has 1 atom stereocenters. The van der Waals surface area contributed by atoms with E-state index in [9.17, 15) is 13.2 Å². The highest BCUT2D eigenvalue weighted by atomic mass is 35.5. The van der Waals surface area contributed by atoms with Gasteiger partial charge in [-0.25, -0.2) is 13.2 Å². The standard InChI is InChI=1S/C15H22N2O4S.ClH/c1-11-13(15(18)21-3)7-4-8-14(11)22(19,20)17-9-5-6-12(10-17)16-2;/h4,7-8,12,16H,5-6,9-10H2,1-3H3;1H. The van der Waals surface area contributed by atoms with E-state index in [1.54, 1.807) is 25.1 Å². The second kappa shape index (κ2) is 8.10. The first-order valence-corrected chi connectivity index (χ1v) is 8.71. The van der Waals surface area contributed by atoms with Crippen molar-refractivity contribution in [2.24, 2.45) is 0 Å². The molecule has 1 fully saturated rings. The summed E-state index contributed by atoms with van der Waals surface area (Å²) in [7, 11) is -0.494. The zero-order valence-corrected chi connectivity index (χ0v) is 15.2. The number of hydrogen-bond donors (Lipinski definition) is 1. The Bertz CT molecular complexity index is 663. The monoisotopic (exact) mass is 362 g/mol. The number of nitrogens with one attached hydrogen (secondary N) is 1. The van der Waals surface area contributed by atoms with Crippen molar-refractivity contribution in [3.05, 3.63) is 29.3 Å². The summed E-state index contributed by atoms with van der Waals surface area (Å²) in [5, 5.41) is 3.13. The highest BCUT2D eigenvalue weighted by Crippen LogP contribution is 2.25. The molecular weight excluding hydrogens is 340 g/mol. The Hall–Kier alpha value is -1.15. The van der Waals surface area contributed by atoms with Crippen LogP contribution in [-0.2, 0) is 14.8 Å². The van der Waals surface area contributed by atoms with Crippen LogP contribution in [0.5, 0.6) is 0 Å². The molecule has 1 aliphatic rings. The molecule has 130 valence electrons. The Kier molecular flexibility index (Phi) is 7.01. The van der Waals surface area contributed by atoms with Crippen LogP contribution in [0, 0.1) is 6.92 Å². The first-order valence-electron chi connectivity index (χ1n) is 7.27. The molecule has 0 spiro atoms. The molecule has 0 aliphatic carbocycles. The fraction of sp³-hybridized carbons (Fsp3) is 0.533. The molecule has 0 amide bonds. The zero-order chi connectivity index (χ0) is 16.3. The number of likely N-dealkylation sites (N-methyl/N-ethyl adjacent to an activating group) is 1. The average Bonchev–Trinajstić information content (AvgIpc) is 2.54. The van der Waals surface area contributed by atoms with Gasteiger partial charge in [-0.1, -0.05) is 6.07 Å². The van der Waals surface area contributed by atoms with E-state index >= 15 is 0 Å². The van der Waals surface area contributed by atoms with Crippen LogP contribution in [0.2, 0.25) is 0 Å². The zero-order valence-electron chi connectivity index (χ0n) is 13.5. The Morgan fingerprint density at radius 2 is 2.09 bits per heavy atom. The molecule has 0 aromatic heterocycles. The van der Waals surface area contributed by atoms with Crippen LogP contribution in [0.1, 0.15) is 28.8 Å². The van der Waals surface area contributed by atoms with Crippen LogP contribution in [-0.4, -0.2) is 52.0 Å². The molecular formula is C15H23ClN2O4S. The summed E-state index contributed by atoms with van der Waals surface area (Å²) in [6.07, 6.45) is 1.78. The van der Waals surface area contributed by atoms with Crippen molar-refractivity contribution in [2.75, 3.05) is 27.2 Å². The Balaban J connectivity index is 0.00000264. The van der Waals surface area contributed by atoms with Crippen molar-refractivity contribution in [1.29, 1.82) is 0 Å². The van der Waals surface area contributed by atoms with Gasteiger partial charge in [0.05, 0.1) is 17.6 Å². The number of esters is 1. The molecule has 0 bridgehead atoms. The molecule has 8 heteroatoms. The summed E-state index contributed by atoms with van der Waals surface area (Å²) in [5.74, 6) is -0.527. The van der Waals surface area contributed by atoms with Gasteiger partial charge in [-0.05, 0) is 44.5 Å². The second-order valence-corrected chi connectivity index (χ2v) is 7.32. The van der Waals surface area contributed by atoms with Gasteiger partial charge in [0.15, 0.2) is 0 Å². The lowest BCUT2D eigenvalue weighted by Crippen LogP contribution is -2.47. The summed E-state index contributed by atoms with van der Waals surface area (Å²) in [6.45, 7) is 2.59. The molecule has 0 saturated carbocycles. The van der Waals surface area contributed by atoms with E-state index in [0.717, 1.165) is 12.8 Å². The average molecular weight is 363 g/mol. The molecule has 1 aromatic carbocycles. The summed E-state index contributed by atoms with van der Waals surface area (Å²) < 4.78 is 32.0. The van der Waals surface area contributed by atoms with Gasteiger partial charge in [0.1, 0.15) is 0 Å². The van der Waals surface area contributed by atoms with Crippen LogP contribution < -0.4 is 5.32 Å². The minimum atomic E-state index is -3.61. The van der Waals surface area contributed by atoms with Crippen molar-refractivity contribution >= 4 is 28.4 Å². The number of carbonyl (C=O) groups is 1. The van der Waals surface area contributed by atoms with Gasteiger partial charge >= 0.3 is 5.97 Å². The normalized spacial score (nSPS) is 19.0. The fourth-order valence-corrected chi connectivity index (χ4v) is 4.53. The molecule has 1 N–H and O–H groups in total. The third-order valence-electron chi connectivity index (χ3n) is 4.10. The number of rotatable bonds is 4. The lowest BCUT2D eigenvalue weighted by molar-refractivity contribution is 0.0599. The van der Waals surface area contributed by atoms with E-state index in [1.807, 2.05) is 7.05 Å². The quantitative estimate of drug-likeness (QED) is 0.823. The number of methoxy groups -OCH3 is 1. The number of halogens is 1. The maximum Gasteiger partial charge on any atom is 0.338 e. The van der Waals surface area contributed by atoms with E-state index in [1.165, 1.54) is 11.4 Å². The highest BCUT2D eigenvalue weighted by molar-refractivity contribution is 7.89. The van der Waals surface area contributed by atoms with Crippen molar-refractivity contribution in [1.82, 2.24) is 9.62 Å². The van der Waals surface area contributed by atoms with Gasteiger partial charge in [0, 0.05) is 19.1 Å². The maximum absolute atomic E-state index is 12.9. The lowest BCUT2D eigenvalue weighted by Gasteiger charge is -2.32. The van der Waals surface area contributed by atoms with Crippen LogP contribution in [0.25, 0.3) is 0 Å². The SMILES string of the molecule is CNC1CCCN(S(=O)(=O)c2cccc(C(=O)OC)c2C)C1.Cl. The van der Waals surface area contributed by atoms with E-state index in [-0.39, 0.29) is 28.9 Å². The number of benzene rings is 1. The Morgan fingerprint density at radius 3 is 2.70 bits per heavy atom. The number of sulfonamides is 1. The van der Waals surface area contributed by atoms with Crippen LogP contribution in [0.3, 0.4) is 0 Å². The number of carbonyl (C=O) groups excluding carboxylic acids is 1. The number of ether oxygens (including phenoxy) is 1. The molecule has 1 unspecified atom stereocenters. The number of nitrogens with zero attached hydrogens (tertiary/aromatic N) is 1. The molecule has 2 rings (SSSR count).